The van der Waals surface area contributed by atoms with Gasteiger partial charge >= 0.3 is 0 Å². The van der Waals surface area contributed by atoms with Crippen LogP contribution in [0.1, 0.15) is 25.5 Å². The lowest BCUT2D eigenvalue weighted by Crippen LogP contribution is -1.99. The zero-order valence-corrected chi connectivity index (χ0v) is 7.27. The van der Waals surface area contributed by atoms with Crippen molar-refractivity contribution in [3.05, 3.63) is 24.0 Å². The minimum atomic E-state index is 0.364. The molecule has 0 amide bonds. The third kappa shape index (κ3) is 2.05. The van der Waals surface area contributed by atoms with Gasteiger partial charge < -0.3 is 0 Å². The molecule has 0 aromatic carbocycles. The number of hydrogen-bond acceptors (Lipinski definition) is 2. The number of carbonyl (C=O) groups is 1. The van der Waals surface area contributed by atoms with Gasteiger partial charge in [-0.05, 0) is 26.0 Å². The van der Waals surface area contributed by atoms with Crippen LogP contribution in [-0.4, -0.2) is 16.1 Å². The first-order valence-electron chi connectivity index (χ1n) is 3.90. The predicted octanol–water partition coefficient (Wildman–Crippen LogP) is 1.68. The van der Waals surface area contributed by atoms with Gasteiger partial charge in [0, 0.05) is 17.8 Å². The van der Waals surface area contributed by atoms with E-state index in [0.717, 1.165) is 11.8 Å². The summed E-state index contributed by atoms with van der Waals surface area (Å²) < 4.78 is 1.85. The summed E-state index contributed by atoms with van der Waals surface area (Å²) in [6.07, 6.45) is 7.60. The summed E-state index contributed by atoms with van der Waals surface area (Å²) in [6.45, 7) is 4.11. The molecule has 0 bridgehead atoms. The maximum absolute atomic E-state index is 10.0. The molecule has 0 aliphatic rings. The van der Waals surface area contributed by atoms with Gasteiger partial charge in [0.15, 0.2) is 0 Å². The fraction of sp³-hybridized carbons (Fsp3) is 0.333. The molecule has 64 valence electrons. The number of allylic oxidation sites excluding steroid dienone is 1. The molecule has 1 heterocycles. The molecule has 0 aliphatic heterocycles. The Hall–Kier alpha value is -1.38. The van der Waals surface area contributed by atoms with Gasteiger partial charge in [-0.3, -0.25) is 9.48 Å². The largest absolute Gasteiger partial charge is 0.299 e. The topological polar surface area (TPSA) is 34.9 Å². The summed E-state index contributed by atoms with van der Waals surface area (Å²) in [4.78, 5) is 10.0. The minimum Gasteiger partial charge on any atom is -0.299 e. The summed E-state index contributed by atoms with van der Waals surface area (Å²) in [7, 11) is 0. The van der Waals surface area contributed by atoms with E-state index in [0.29, 0.717) is 6.04 Å². The van der Waals surface area contributed by atoms with Gasteiger partial charge in [0.05, 0.1) is 6.20 Å². The van der Waals surface area contributed by atoms with E-state index >= 15 is 0 Å². The number of aldehydes is 1. The zero-order chi connectivity index (χ0) is 8.97. The molecule has 1 aromatic heterocycles. The van der Waals surface area contributed by atoms with Crippen molar-refractivity contribution < 1.29 is 4.79 Å². The molecule has 0 spiro atoms. The van der Waals surface area contributed by atoms with Crippen molar-refractivity contribution in [1.29, 1.82) is 0 Å². The zero-order valence-electron chi connectivity index (χ0n) is 7.27. The van der Waals surface area contributed by atoms with Crippen LogP contribution >= 0.6 is 0 Å². The van der Waals surface area contributed by atoms with Gasteiger partial charge in [0.2, 0.25) is 0 Å². The Labute approximate surface area is 71.7 Å². The van der Waals surface area contributed by atoms with Crippen LogP contribution in [-0.2, 0) is 4.79 Å². The lowest BCUT2D eigenvalue weighted by Gasteiger charge is -2.02. The van der Waals surface area contributed by atoms with E-state index in [1.54, 1.807) is 12.3 Å². The van der Waals surface area contributed by atoms with E-state index in [1.807, 2.05) is 10.9 Å². The van der Waals surface area contributed by atoms with Crippen LogP contribution in [0.5, 0.6) is 0 Å². The van der Waals surface area contributed by atoms with Gasteiger partial charge in [-0.2, -0.15) is 5.10 Å². The molecular weight excluding hydrogens is 152 g/mol. The second-order valence-electron chi connectivity index (χ2n) is 2.84. The highest BCUT2D eigenvalue weighted by molar-refractivity contribution is 5.73. The van der Waals surface area contributed by atoms with Crippen LogP contribution in [0, 0.1) is 0 Å². The van der Waals surface area contributed by atoms with Crippen molar-refractivity contribution in [2.75, 3.05) is 0 Å². The van der Waals surface area contributed by atoms with Crippen molar-refractivity contribution in [1.82, 2.24) is 9.78 Å². The first kappa shape index (κ1) is 8.71. The molecule has 0 unspecified atom stereocenters. The van der Waals surface area contributed by atoms with Crippen LogP contribution in [0.3, 0.4) is 0 Å². The Balaban J connectivity index is 2.77. The van der Waals surface area contributed by atoms with E-state index in [4.69, 9.17) is 0 Å². The van der Waals surface area contributed by atoms with E-state index in [9.17, 15) is 4.79 Å². The summed E-state index contributed by atoms with van der Waals surface area (Å²) >= 11 is 0. The monoisotopic (exact) mass is 164 g/mol. The maximum Gasteiger partial charge on any atom is 0.142 e. The molecule has 0 fully saturated rings. The Kier molecular flexibility index (Phi) is 2.80. The van der Waals surface area contributed by atoms with Crippen molar-refractivity contribution in [2.24, 2.45) is 0 Å². The highest BCUT2D eigenvalue weighted by atomic mass is 16.1. The average Bonchev–Trinajstić information content (AvgIpc) is 2.48. The van der Waals surface area contributed by atoms with Crippen molar-refractivity contribution in [2.45, 2.75) is 19.9 Å². The van der Waals surface area contributed by atoms with Gasteiger partial charge in [-0.1, -0.05) is 0 Å². The summed E-state index contributed by atoms with van der Waals surface area (Å²) in [5.74, 6) is 0. The average molecular weight is 164 g/mol. The molecular formula is C9H12N2O. The predicted molar refractivity (Wildman–Crippen MR) is 47.7 cm³/mol. The van der Waals surface area contributed by atoms with Crippen molar-refractivity contribution in [3.8, 4) is 0 Å². The van der Waals surface area contributed by atoms with Gasteiger partial charge in [-0.25, -0.2) is 0 Å². The van der Waals surface area contributed by atoms with Crippen LogP contribution in [0.2, 0.25) is 0 Å². The number of rotatable bonds is 3. The Morgan fingerprint density at radius 1 is 1.58 bits per heavy atom. The van der Waals surface area contributed by atoms with Crippen molar-refractivity contribution in [3.63, 3.8) is 0 Å². The second-order valence-corrected chi connectivity index (χ2v) is 2.84. The van der Waals surface area contributed by atoms with Gasteiger partial charge in [-0.15, -0.1) is 0 Å². The van der Waals surface area contributed by atoms with Gasteiger partial charge in [0.1, 0.15) is 6.29 Å². The molecule has 0 N–H and O–H groups in total. The highest BCUT2D eigenvalue weighted by Gasteiger charge is 1.97. The quantitative estimate of drug-likeness (QED) is 0.503. The molecule has 0 aliphatic carbocycles. The van der Waals surface area contributed by atoms with Crippen molar-refractivity contribution >= 4 is 12.4 Å². The fourth-order valence-electron chi connectivity index (χ4n) is 0.872. The molecule has 0 saturated carbocycles. The second kappa shape index (κ2) is 3.85. The van der Waals surface area contributed by atoms with E-state index in [2.05, 4.69) is 18.9 Å². The minimum absolute atomic E-state index is 0.364. The summed E-state index contributed by atoms with van der Waals surface area (Å²) in [6, 6.07) is 0.364. The maximum atomic E-state index is 10.0. The lowest BCUT2D eigenvalue weighted by atomic mass is 10.3. The number of hydrogen-bond donors (Lipinski definition) is 0. The Bertz CT molecular complexity index is 286. The van der Waals surface area contributed by atoms with Crippen LogP contribution in [0.4, 0.5) is 0 Å². The van der Waals surface area contributed by atoms with E-state index in [1.165, 1.54) is 6.08 Å². The SMILES string of the molecule is CC(C)n1cc(/C=C/C=O)cn1. The summed E-state index contributed by atoms with van der Waals surface area (Å²) in [5, 5.41) is 4.12. The molecule has 3 nitrogen and oxygen atoms in total. The number of aromatic nitrogens is 2. The molecule has 12 heavy (non-hydrogen) atoms. The molecule has 3 heteroatoms. The van der Waals surface area contributed by atoms with E-state index < -0.39 is 0 Å². The molecule has 1 aromatic rings. The highest BCUT2D eigenvalue weighted by Crippen LogP contribution is 2.05. The Morgan fingerprint density at radius 2 is 2.33 bits per heavy atom. The van der Waals surface area contributed by atoms with Crippen LogP contribution in [0.15, 0.2) is 18.5 Å². The number of nitrogens with zero attached hydrogens (tertiary/aromatic N) is 2. The molecule has 0 saturated heterocycles. The Morgan fingerprint density at radius 3 is 2.83 bits per heavy atom. The third-order valence-corrected chi connectivity index (χ3v) is 1.52. The normalized spacial score (nSPS) is 11.2. The number of carbonyl (C=O) groups excluding carboxylic acids is 1. The smallest absolute Gasteiger partial charge is 0.142 e. The van der Waals surface area contributed by atoms with Crippen LogP contribution in [0.25, 0.3) is 6.08 Å². The first-order chi connectivity index (χ1) is 5.74. The summed E-state index contributed by atoms with van der Waals surface area (Å²) in [5.41, 5.74) is 0.954. The molecule has 1 rings (SSSR count). The lowest BCUT2D eigenvalue weighted by molar-refractivity contribution is -0.104. The molecule has 0 atom stereocenters. The first-order valence-corrected chi connectivity index (χ1v) is 3.90. The standard InChI is InChI=1S/C9H12N2O/c1-8(2)11-7-9(6-10-11)4-3-5-12/h3-8H,1-2H3/b4-3+. The third-order valence-electron chi connectivity index (χ3n) is 1.52. The fourth-order valence-corrected chi connectivity index (χ4v) is 0.872. The van der Waals surface area contributed by atoms with Crippen LogP contribution < -0.4 is 0 Å². The van der Waals surface area contributed by atoms with E-state index in [-0.39, 0.29) is 0 Å². The molecule has 0 radical (unpaired) electrons. The van der Waals surface area contributed by atoms with Gasteiger partial charge in [0.25, 0.3) is 0 Å².